The number of rotatable bonds is 20. The van der Waals surface area contributed by atoms with Crippen molar-refractivity contribution in [2.24, 2.45) is 11.3 Å². The van der Waals surface area contributed by atoms with Crippen LogP contribution in [0, 0.1) is 11.3 Å². The molecule has 0 N–H and O–H groups in total. The van der Waals surface area contributed by atoms with E-state index in [1.165, 1.54) is 22.3 Å². The van der Waals surface area contributed by atoms with Crippen molar-refractivity contribution in [1.29, 1.82) is 0 Å². The first-order chi connectivity index (χ1) is 20.8. The predicted molar refractivity (Wildman–Crippen MR) is 189 cm³/mol. The largest absolute Gasteiger partial charge is 0.495 e. The van der Waals surface area contributed by atoms with Crippen LogP contribution in [0.5, 0.6) is 0 Å². The van der Waals surface area contributed by atoms with Crippen molar-refractivity contribution in [2.45, 2.75) is 93.9 Å². The molecule has 0 spiro atoms. The van der Waals surface area contributed by atoms with Gasteiger partial charge in [-0.1, -0.05) is 76.5 Å². The highest BCUT2D eigenvalue weighted by Gasteiger charge is 2.28. The monoisotopic (exact) mass is 604 g/mol. The molecule has 0 fully saturated rings. The van der Waals surface area contributed by atoms with Gasteiger partial charge in [0.05, 0.1) is 6.61 Å². The van der Waals surface area contributed by atoms with Gasteiger partial charge in [0.1, 0.15) is 12.0 Å². The van der Waals surface area contributed by atoms with E-state index >= 15 is 0 Å². The molecule has 1 rings (SSSR count). The minimum absolute atomic E-state index is 0.0828. The summed E-state index contributed by atoms with van der Waals surface area (Å²) in [6.45, 7) is 23.9. The molecular weight excluding hydrogens is 544 g/mol. The number of carbonyl (C=O) groups excluding carboxylic acids is 2. The van der Waals surface area contributed by atoms with Crippen LogP contribution in [0.2, 0.25) is 0 Å². The van der Waals surface area contributed by atoms with E-state index in [4.69, 9.17) is 4.74 Å². The van der Waals surface area contributed by atoms with Gasteiger partial charge in [0.2, 0.25) is 5.91 Å². The lowest BCUT2D eigenvalue weighted by molar-refractivity contribution is -0.120. The van der Waals surface area contributed by atoms with Gasteiger partial charge in [0.25, 0.3) is 0 Å². The third-order valence-electron chi connectivity index (χ3n) is 8.65. The fourth-order valence-electron chi connectivity index (χ4n) is 5.14. The van der Waals surface area contributed by atoms with Crippen molar-refractivity contribution in [3.8, 4) is 0 Å². The number of allylic oxidation sites excluding steroid dienone is 7. The topological polar surface area (TPSA) is 49.9 Å². The lowest BCUT2D eigenvalue weighted by Crippen LogP contribution is -2.34. The van der Waals surface area contributed by atoms with Crippen molar-refractivity contribution >= 4 is 17.9 Å². The summed E-state index contributed by atoms with van der Waals surface area (Å²) in [6.07, 6.45) is 15.2. The molecule has 0 aromatic heterocycles. The number of amides is 1. The van der Waals surface area contributed by atoms with Gasteiger partial charge in [-0.3, -0.25) is 9.59 Å². The van der Waals surface area contributed by atoms with Gasteiger partial charge in [-0.2, -0.15) is 0 Å². The number of hydrogen-bond acceptors (Lipinski definition) is 4. The van der Waals surface area contributed by atoms with E-state index in [2.05, 4.69) is 91.3 Å². The molecule has 44 heavy (non-hydrogen) atoms. The smallest absolute Gasteiger partial charge is 0.227 e. The van der Waals surface area contributed by atoms with E-state index in [-0.39, 0.29) is 11.3 Å². The number of carbonyl (C=O) groups is 2. The van der Waals surface area contributed by atoms with E-state index in [0.717, 1.165) is 57.2 Å². The van der Waals surface area contributed by atoms with Gasteiger partial charge < -0.3 is 14.5 Å². The summed E-state index contributed by atoms with van der Waals surface area (Å²) >= 11 is 0. The summed E-state index contributed by atoms with van der Waals surface area (Å²) in [4.78, 5) is 28.3. The molecule has 0 heterocycles. The van der Waals surface area contributed by atoms with E-state index in [0.29, 0.717) is 30.3 Å². The van der Waals surface area contributed by atoms with Gasteiger partial charge in [0.15, 0.2) is 0 Å². The van der Waals surface area contributed by atoms with Crippen molar-refractivity contribution in [3.05, 3.63) is 88.8 Å². The summed E-state index contributed by atoms with van der Waals surface area (Å²) < 4.78 is 5.69. The Labute approximate surface area is 269 Å². The average Bonchev–Trinajstić information content (AvgIpc) is 3.00. The Morgan fingerprint density at radius 1 is 1.09 bits per heavy atom. The Morgan fingerprint density at radius 3 is 2.30 bits per heavy atom. The number of unbranched alkanes of at least 4 members (excludes halogenated alkanes) is 1. The molecule has 5 heteroatoms. The molecule has 0 bridgehead atoms. The molecule has 0 saturated heterocycles. The van der Waals surface area contributed by atoms with Gasteiger partial charge in [-0.25, -0.2) is 0 Å². The zero-order valence-corrected chi connectivity index (χ0v) is 29.5. The summed E-state index contributed by atoms with van der Waals surface area (Å²) in [5.41, 5.74) is 6.64. The maximum absolute atomic E-state index is 13.2. The maximum Gasteiger partial charge on any atom is 0.227 e. The van der Waals surface area contributed by atoms with Crippen LogP contribution in [0.4, 0.5) is 5.69 Å². The third kappa shape index (κ3) is 13.6. The van der Waals surface area contributed by atoms with E-state index < -0.39 is 0 Å². The second-order valence-corrected chi connectivity index (χ2v) is 12.7. The van der Waals surface area contributed by atoms with Crippen LogP contribution in [-0.2, 0) is 9.53 Å². The average molecular weight is 605 g/mol. The second kappa shape index (κ2) is 20.0. The summed E-state index contributed by atoms with van der Waals surface area (Å²) in [5.74, 6) is 1.13. The lowest BCUT2D eigenvalue weighted by atomic mass is 9.80. The molecule has 2 atom stereocenters. The third-order valence-corrected chi connectivity index (χ3v) is 8.65. The molecule has 1 aromatic carbocycles. The van der Waals surface area contributed by atoms with E-state index in [1.807, 2.05) is 19.1 Å². The highest BCUT2D eigenvalue weighted by Crippen LogP contribution is 2.32. The zero-order valence-electron chi connectivity index (χ0n) is 29.5. The molecule has 0 radical (unpaired) electrons. The van der Waals surface area contributed by atoms with Crippen molar-refractivity contribution in [2.75, 3.05) is 38.7 Å². The van der Waals surface area contributed by atoms with Crippen LogP contribution >= 0.6 is 0 Å². The molecule has 2 unspecified atom stereocenters. The first-order valence-corrected chi connectivity index (χ1v) is 16.3. The lowest BCUT2D eigenvalue weighted by Gasteiger charge is -2.32. The fraction of sp³-hybridized carbons (Fsp3) is 0.538. The SMILES string of the molecule is C=C(/C=C(\C/C=C(/C)C(C)C(/C=C\CCC)=C(C)C)CN(C)CCC(C)(CC)CC(=O)N(C)c1ccc(C=O)cc1)OCC. The standard InChI is InChI=1S/C39H60N2O3/c1-12-15-16-17-37(30(4)5)33(8)31(6)18-19-35(26-32(7)44-14-3)28-40(10)25-24-39(9,13-2)27-38(43)41(11)36-22-20-34(29-42)21-23-36/h16-18,20-23,26,29,33H,7,12-15,19,24-25,27-28H2,1-6,8-11H3/b17-16-,31-18-,35-26+. The molecular formula is C39H60N2O3. The van der Waals surface area contributed by atoms with E-state index in [1.54, 1.807) is 24.1 Å². The fourth-order valence-corrected chi connectivity index (χ4v) is 5.14. The molecule has 244 valence electrons. The Bertz CT molecular complexity index is 1180. The summed E-state index contributed by atoms with van der Waals surface area (Å²) in [5, 5.41) is 0. The first-order valence-electron chi connectivity index (χ1n) is 16.3. The molecule has 0 aliphatic carbocycles. The van der Waals surface area contributed by atoms with Crippen LogP contribution in [0.1, 0.15) is 104 Å². The molecule has 0 saturated carbocycles. The Balaban J connectivity index is 2.97. The van der Waals surface area contributed by atoms with Crippen molar-refractivity contribution in [3.63, 3.8) is 0 Å². The number of aldehydes is 1. The van der Waals surface area contributed by atoms with Crippen molar-refractivity contribution in [1.82, 2.24) is 4.90 Å². The highest BCUT2D eigenvalue weighted by atomic mass is 16.5. The number of nitrogens with zero attached hydrogens (tertiary/aromatic N) is 2. The number of hydrogen-bond donors (Lipinski definition) is 0. The quantitative estimate of drug-likeness (QED) is 0.0643. The summed E-state index contributed by atoms with van der Waals surface area (Å²) in [7, 11) is 3.95. The Hall–Kier alpha value is -3.18. The molecule has 5 nitrogen and oxygen atoms in total. The van der Waals surface area contributed by atoms with Gasteiger partial charge >= 0.3 is 0 Å². The normalized spacial score (nSPS) is 14.3. The molecule has 0 aliphatic heterocycles. The maximum atomic E-state index is 13.2. The minimum atomic E-state index is -0.126. The summed E-state index contributed by atoms with van der Waals surface area (Å²) in [6, 6.07) is 7.13. The molecule has 1 aromatic rings. The van der Waals surface area contributed by atoms with Crippen LogP contribution < -0.4 is 4.90 Å². The van der Waals surface area contributed by atoms with Gasteiger partial charge in [0, 0.05) is 37.2 Å². The number of anilines is 1. The van der Waals surface area contributed by atoms with Gasteiger partial charge in [-0.05, 0) is 107 Å². The van der Waals surface area contributed by atoms with Gasteiger partial charge in [-0.15, -0.1) is 0 Å². The number of benzene rings is 1. The predicted octanol–water partition coefficient (Wildman–Crippen LogP) is 9.73. The Kier molecular flexibility index (Phi) is 17.6. The first kappa shape index (κ1) is 38.8. The van der Waals surface area contributed by atoms with Crippen molar-refractivity contribution < 1.29 is 14.3 Å². The Morgan fingerprint density at radius 2 is 1.75 bits per heavy atom. The van der Waals surface area contributed by atoms with Crippen LogP contribution in [-0.4, -0.2) is 50.9 Å². The highest BCUT2D eigenvalue weighted by molar-refractivity contribution is 5.93. The van der Waals surface area contributed by atoms with Crippen LogP contribution in [0.15, 0.2) is 83.2 Å². The molecule has 0 aliphatic rings. The number of ether oxygens (including phenoxy) is 1. The second-order valence-electron chi connectivity index (χ2n) is 12.7. The zero-order chi connectivity index (χ0) is 33.3. The van der Waals surface area contributed by atoms with Crippen LogP contribution in [0.3, 0.4) is 0 Å². The molecule has 1 amide bonds. The van der Waals surface area contributed by atoms with E-state index in [9.17, 15) is 9.59 Å². The van der Waals surface area contributed by atoms with Crippen LogP contribution in [0.25, 0.3) is 0 Å². The minimum Gasteiger partial charge on any atom is -0.495 e. The number of likely N-dealkylation sites (N-methyl/N-ethyl adjacent to an activating group) is 1.